The van der Waals surface area contributed by atoms with E-state index in [4.69, 9.17) is 10.5 Å². The lowest BCUT2D eigenvalue weighted by Crippen LogP contribution is -2.45. The molecule has 1 fully saturated rings. The topological polar surface area (TPSA) is 58.7 Å². The Balaban J connectivity index is 1.91. The van der Waals surface area contributed by atoms with Gasteiger partial charge >= 0.3 is 0 Å². The minimum Gasteiger partial charge on any atom is -0.395 e. The Hall–Kier alpha value is -0.940. The Morgan fingerprint density at radius 2 is 2.11 bits per heavy atom. The molecule has 0 amide bonds. The van der Waals surface area contributed by atoms with Gasteiger partial charge in [-0.25, -0.2) is 0 Å². The smallest absolute Gasteiger partial charge is 0.0558 e. The molecule has 1 saturated heterocycles. The summed E-state index contributed by atoms with van der Waals surface area (Å²) in [5.41, 5.74) is 7.41. The van der Waals surface area contributed by atoms with Crippen LogP contribution in [0.3, 0.4) is 0 Å². The van der Waals surface area contributed by atoms with Crippen molar-refractivity contribution in [3.05, 3.63) is 35.9 Å². The van der Waals surface area contributed by atoms with Crippen LogP contribution in [0.2, 0.25) is 0 Å². The van der Waals surface area contributed by atoms with Gasteiger partial charge < -0.3 is 15.6 Å². The first kappa shape index (κ1) is 14.5. The normalized spacial score (nSPS) is 23.7. The van der Waals surface area contributed by atoms with Crippen molar-refractivity contribution in [1.29, 1.82) is 0 Å². The van der Waals surface area contributed by atoms with E-state index in [1.807, 2.05) is 18.2 Å². The van der Waals surface area contributed by atoms with E-state index >= 15 is 0 Å². The average molecular weight is 264 g/mol. The van der Waals surface area contributed by atoms with Crippen molar-refractivity contribution in [2.24, 2.45) is 11.7 Å². The highest BCUT2D eigenvalue weighted by Crippen LogP contribution is 2.15. The molecule has 0 bridgehead atoms. The van der Waals surface area contributed by atoms with Crippen LogP contribution in [0.5, 0.6) is 0 Å². The molecule has 1 aromatic carbocycles. The van der Waals surface area contributed by atoms with Crippen molar-refractivity contribution in [3.8, 4) is 0 Å². The molecule has 2 rings (SSSR count). The van der Waals surface area contributed by atoms with Gasteiger partial charge in [0.15, 0.2) is 0 Å². The number of rotatable bonds is 6. The van der Waals surface area contributed by atoms with Crippen LogP contribution in [-0.4, -0.2) is 49.0 Å². The lowest BCUT2D eigenvalue weighted by molar-refractivity contribution is 0.0224. The van der Waals surface area contributed by atoms with Crippen molar-refractivity contribution in [1.82, 2.24) is 4.90 Å². The van der Waals surface area contributed by atoms with Crippen LogP contribution in [0, 0.1) is 5.92 Å². The molecule has 1 aromatic rings. The highest BCUT2D eigenvalue weighted by Gasteiger charge is 2.24. The molecule has 4 heteroatoms. The minimum absolute atomic E-state index is 0.176. The summed E-state index contributed by atoms with van der Waals surface area (Å²) in [5, 5.41) is 9.21. The van der Waals surface area contributed by atoms with E-state index in [2.05, 4.69) is 17.0 Å². The van der Waals surface area contributed by atoms with Crippen LogP contribution in [0.1, 0.15) is 12.0 Å². The summed E-state index contributed by atoms with van der Waals surface area (Å²) in [5.74, 6) is 0.365. The first-order valence-corrected chi connectivity index (χ1v) is 7.00. The van der Waals surface area contributed by atoms with Gasteiger partial charge in [0.1, 0.15) is 0 Å². The number of hydrogen-bond donors (Lipinski definition) is 2. The third-order valence-corrected chi connectivity index (χ3v) is 3.69. The van der Waals surface area contributed by atoms with Crippen LogP contribution in [0.4, 0.5) is 0 Å². The largest absolute Gasteiger partial charge is 0.395 e. The van der Waals surface area contributed by atoms with E-state index in [0.29, 0.717) is 12.5 Å². The van der Waals surface area contributed by atoms with Crippen molar-refractivity contribution in [2.45, 2.75) is 19.0 Å². The van der Waals surface area contributed by atoms with E-state index in [1.165, 1.54) is 5.56 Å². The second kappa shape index (κ2) is 7.60. The molecule has 106 valence electrons. The maximum atomic E-state index is 9.21. The number of benzene rings is 1. The highest BCUT2D eigenvalue weighted by atomic mass is 16.5. The van der Waals surface area contributed by atoms with E-state index in [0.717, 1.165) is 32.7 Å². The Morgan fingerprint density at radius 3 is 2.79 bits per heavy atom. The number of aliphatic hydroxyl groups is 1. The third kappa shape index (κ3) is 4.58. The molecule has 1 aliphatic rings. The molecule has 19 heavy (non-hydrogen) atoms. The fourth-order valence-corrected chi connectivity index (χ4v) is 2.55. The van der Waals surface area contributed by atoms with Gasteiger partial charge in [0.05, 0.1) is 13.2 Å². The Morgan fingerprint density at radius 1 is 1.32 bits per heavy atom. The predicted octanol–water partition coefficient (Wildman–Crippen LogP) is 0.845. The van der Waals surface area contributed by atoms with E-state index in [-0.39, 0.29) is 12.6 Å². The van der Waals surface area contributed by atoms with Crippen molar-refractivity contribution < 1.29 is 9.84 Å². The number of nitrogens with two attached hydrogens (primary N) is 1. The predicted molar refractivity (Wildman–Crippen MR) is 75.7 cm³/mol. The molecule has 3 N–H and O–H groups in total. The van der Waals surface area contributed by atoms with Crippen LogP contribution in [0.25, 0.3) is 0 Å². The minimum atomic E-state index is 0.176. The average Bonchev–Trinajstić information content (AvgIpc) is 2.43. The first-order valence-electron chi connectivity index (χ1n) is 7.00. The zero-order chi connectivity index (χ0) is 13.5. The summed E-state index contributed by atoms with van der Waals surface area (Å²) in [4.78, 5) is 2.26. The standard InChI is InChI=1S/C15H24N2O2/c16-15-6-9-19-12-14(15)11-17(7-8-18)10-13-4-2-1-3-5-13/h1-5,14-15,18H,6-12,16H2. The second-order valence-corrected chi connectivity index (χ2v) is 5.23. The van der Waals surface area contributed by atoms with Gasteiger partial charge in [-0.15, -0.1) is 0 Å². The molecule has 1 heterocycles. The lowest BCUT2D eigenvalue weighted by atomic mass is 9.96. The number of hydrogen-bond acceptors (Lipinski definition) is 4. The monoisotopic (exact) mass is 264 g/mol. The van der Waals surface area contributed by atoms with E-state index < -0.39 is 0 Å². The van der Waals surface area contributed by atoms with Gasteiger partial charge in [-0.3, -0.25) is 4.90 Å². The zero-order valence-electron chi connectivity index (χ0n) is 11.4. The summed E-state index contributed by atoms with van der Waals surface area (Å²) in [7, 11) is 0. The van der Waals surface area contributed by atoms with Crippen molar-refractivity contribution >= 4 is 0 Å². The molecule has 0 aliphatic carbocycles. The highest BCUT2D eigenvalue weighted by molar-refractivity contribution is 5.14. The molecule has 0 spiro atoms. The van der Waals surface area contributed by atoms with E-state index in [9.17, 15) is 5.11 Å². The summed E-state index contributed by atoms with van der Waals surface area (Å²) >= 11 is 0. The molecule has 4 nitrogen and oxygen atoms in total. The van der Waals surface area contributed by atoms with Gasteiger partial charge in [-0.05, 0) is 12.0 Å². The van der Waals surface area contributed by atoms with E-state index in [1.54, 1.807) is 0 Å². The first-order chi connectivity index (χ1) is 9.29. The lowest BCUT2D eigenvalue weighted by Gasteiger charge is -2.33. The molecule has 2 unspecified atom stereocenters. The zero-order valence-corrected chi connectivity index (χ0v) is 11.4. The summed E-state index contributed by atoms with van der Waals surface area (Å²) in [6.07, 6.45) is 0.934. The van der Waals surface area contributed by atoms with Crippen LogP contribution < -0.4 is 5.73 Å². The van der Waals surface area contributed by atoms with Crippen LogP contribution in [0.15, 0.2) is 30.3 Å². The number of nitrogens with zero attached hydrogens (tertiary/aromatic N) is 1. The molecule has 0 saturated carbocycles. The molecular formula is C15H24N2O2. The second-order valence-electron chi connectivity index (χ2n) is 5.23. The van der Waals surface area contributed by atoms with Gasteiger partial charge in [-0.1, -0.05) is 30.3 Å². The van der Waals surface area contributed by atoms with Gasteiger partial charge in [0.25, 0.3) is 0 Å². The van der Waals surface area contributed by atoms with Crippen molar-refractivity contribution in [2.75, 3.05) is 32.9 Å². The molecule has 0 radical (unpaired) electrons. The maximum absolute atomic E-state index is 9.21. The molecule has 2 atom stereocenters. The Bertz CT molecular complexity index is 358. The van der Waals surface area contributed by atoms with Crippen molar-refractivity contribution in [3.63, 3.8) is 0 Å². The summed E-state index contributed by atoms with van der Waals surface area (Å²) in [6.45, 7) is 4.10. The number of ether oxygens (including phenoxy) is 1. The number of aliphatic hydroxyl groups excluding tert-OH is 1. The molecule has 0 aromatic heterocycles. The fourth-order valence-electron chi connectivity index (χ4n) is 2.55. The van der Waals surface area contributed by atoms with Gasteiger partial charge in [-0.2, -0.15) is 0 Å². The summed E-state index contributed by atoms with van der Waals surface area (Å²) in [6, 6.07) is 10.5. The Kier molecular flexibility index (Phi) is 5.79. The third-order valence-electron chi connectivity index (χ3n) is 3.69. The van der Waals surface area contributed by atoms with Gasteiger partial charge in [0.2, 0.25) is 0 Å². The van der Waals surface area contributed by atoms with Gasteiger partial charge in [0, 0.05) is 38.2 Å². The summed E-state index contributed by atoms with van der Waals surface area (Å²) < 4.78 is 5.51. The van der Waals surface area contributed by atoms with Crippen LogP contribution >= 0.6 is 0 Å². The molecule has 1 aliphatic heterocycles. The fraction of sp³-hybridized carbons (Fsp3) is 0.600. The SMILES string of the molecule is NC1CCOCC1CN(CCO)Cc1ccccc1. The Labute approximate surface area is 115 Å². The maximum Gasteiger partial charge on any atom is 0.0558 e. The van der Waals surface area contributed by atoms with Crippen LogP contribution in [-0.2, 0) is 11.3 Å². The molecular weight excluding hydrogens is 240 g/mol. The quantitative estimate of drug-likeness (QED) is 0.799.